The molecule has 0 saturated carbocycles. The van der Waals surface area contributed by atoms with Crippen molar-refractivity contribution in [1.82, 2.24) is 19.9 Å². The number of piperidine rings is 1. The van der Waals surface area contributed by atoms with E-state index < -0.39 is 0 Å². The summed E-state index contributed by atoms with van der Waals surface area (Å²) in [5.74, 6) is 0.975. The van der Waals surface area contributed by atoms with Crippen LogP contribution < -0.4 is 5.32 Å². The fourth-order valence-electron chi connectivity index (χ4n) is 4.49. The summed E-state index contributed by atoms with van der Waals surface area (Å²) in [6, 6.07) is 15.2. The maximum atomic E-state index is 13.0. The third-order valence-corrected chi connectivity index (χ3v) is 6.64. The molecule has 0 aliphatic carbocycles. The van der Waals surface area contributed by atoms with Gasteiger partial charge in [-0.3, -0.25) is 14.5 Å². The Kier molecular flexibility index (Phi) is 7.92. The molecule has 1 aliphatic heterocycles. The Balaban J connectivity index is 1.33. The van der Waals surface area contributed by atoms with Crippen molar-refractivity contribution >= 4 is 17.5 Å². The van der Waals surface area contributed by atoms with E-state index in [1.165, 1.54) is 0 Å². The standard InChI is InChI=1S/C27H33N5O3/c1-4-32(5-2)27(34)22-12-8-9-13-23(22)28-26(33)20-14-16-31(17-15-20)18-24-29-25(30-35-24)21-11-7-6-10-19(21)3/h6-13,20H,4-5,14-18H2,1-3H3,(H,28,33). The number of nitrogens with one attached hydrogen (secondary N) is 1. The summed E-state index contributed by atoms with van der Waals surface area (Å²) < 4.78 is 5.49. The van der Waals surface area contributed by atoms with E-state index in [-0.39, 0.29) is 17.7 Å². The van der Waals surface area contributed by atoms with Crippen LogP contribution in [0.2, 0.25) is 0 Å². The number of aryl methyl sites for hydroxylation is 1. The number of para-hydroxylation sites is 1. The first-order valence-corrected chi connectivity index (χ1v) is 12.3. The number of carbonyl (C=O) groups excluding carboxylic acids is 2. The fraction of sp³-hybridized carbons (Fsp3) is 0.407. The molecule has 4 rings (SSSR count). The molecule has 2 heterocycles. The smallest absolute Gasteiger partial charge is 0.255 e. The SMILES string of the molecule is CCN(CC)C(=O)c1ccccc1NC(=O)C1CCN(Cc2nc(-c3ccccc3C)no2)CC1. The van der Waals surface area contributed by atoms with Gasteiger partial charge in [-0.15, -0.1) is 0 Å². The lowest BCUT2D eigenvalue weighted by atomic mass is 9.95. The number of likely N-dealkylation sites (tertiary alicyclic amines) is 1. The first kappa shape index (κ1) is 24.6. The Morgan fingerprint density at radius 3 is 2.46 bits per heavy atom. The average Bonchev–Trinajstić information content (AvgIpc) is 3.34. The quantitative estimate of drug-likeness (QED) is 0.520. The van der Waals surface area contributed by atoms with Gasteiger partial charge in [-0.2, -0.15) is 4.98 Å². The summed E-state index contributed by atoms with van der Waals surface area (Å²) >= 11 is 0. The summed E-state index contributed by atoms with van der Waals surface area (Å²) in [4.78, 5) is 34.4. The van der Waals surface area contributed by atoms with Crippen LogP contribution in [0.25, 0.3) is 11.4 Å². The molecule has 2 aromatic carbocycles. The largest absolute Gasteiger partial charge is 0.339 e. The van der Waals surface area contributed by atoms with Gasteiger partial charge in [-0.05, 0) is 64.4 Å². The van der Waals surface area contributed by atoms with E-state index in [1.54, 1.807) is 17.0 Å². The average molecular weight is 476 g/mol. The van der Waals surface area contributed by atoms with E-state index in [1.807, 2.05) is 57.2 Å². The molecule has 0 atom stereocenters. The molecule has 1 fully saturated rings. The predicted octanol–water partition coefficient (Wildman–Crippen LogP) is 4.38. The van der Waals surface area contributed by atoms with Gasteiger partial charge in [-0.1, -0.05) is 41.6 Å². The summed E-state index contributed by atoms with van der Waals surface area (Å²) in [7, 11) is 0. The molecule has 1 aliphatic rings. The van der Waals surface area contributed by atoms with Crippen molar-refractivity contribution in [1.29, 1.82) is 0 Å². The Bertz CT molecular complexity index is 1160. The molecular formula is C27H33N5O3. The molecular weight excluding hydrogens is 442 g/mol. The number of rotatable bonds is 8. The lowest BCUT2D eigenvalue weighted by molar-refractivity contribution is -0.121. The summed E-state index contributed by atoms with van der Waals surface area (Å²) in [5, 5.41) is 7.15. The maximum absolute atomic E-state index is 13.0. The van der Waals surface area contributed by atoms with Gasteiger partial charge in [-0.25, -0.2) is 0 Å². The predicted molar refractivity (Wildman–Crippen MR) is 135 cm³/mol. The Labute approximate surface area is 206 Å². The van der Waals surface area contributed by atoms with Crippen LogP contribution >= 0.6 is 0 Å². The highest BCUT2D eigenvalue weighted by molar-refractivity contribution is 6.04. The molecule has 0 radical (unpaired) electrons. The molecule has 1 aromatic heterocycles. The molecule has 8 heteroatoms. The van der Waals surface area contributed by atoms with Gasteiger partial charge >= 0.3 is 0 Å². The molecule has 3 aromatic rings. The number of anilines is 1. The summed E-state index contributed by atoms with van der Waals surface area (Å²) in [6.07, 6.45) is 1.47. The van der Waals surface area contributed by atoms with Crippen molar-refractivity contribution in [2.75, 3.05) is 31.5 Å². The van der Waals surface area contributed by atoms with Crippen molar-refractivity contribution in [3.8, 4) is 11.4 Å². The van der Waals surface area contributed by atoms with Gasteiger partial charge < -0.3 is 14.7 Å². The number of hydrogen-bond donors (Lipinski definition) is 1. The van der Waals surface area contributed by atoms with E-state index in [0.29, 0.717) is 42.6 Å². The minimum absolute atomic E-state index is 0.0379. The zero-order chi connectivity index (χ0) is 24.8. The minimum Gasteiger partial charge on any atom is -0.339 e. The van der Waals surface area contributed by atoms with E-state index in [0.717, 1.165) is 37.1 Å². The number of amides is 2. The number of aromatic nitrogens is 2. The zero-order valence-corrected chi connectivity index (χ0v) is 20.7. The van der Waals surface area contributed by atoms with Gasteiger partial charge in [0.2, 0.25) is 17.6 Å². The number of benzene rings is 2. The van der Waals surface area contributed by atoms with Crippen molar-refractivity contribution in [2.24, 2.45) is 5.92 Å². The monoisotopic (exact) mass is 475 g/mol. The molecule has 1 saturated heterocycles. The van der Waals surface area contributed by atoms with Gasteiger partial charge in [0.1, 0.15) is 0 Å². The Morgan fingerprint density at radius 1 is 1.06 bits per heavy atom. The van der Waals surface area contributed by atoms with E-state index in [9.17, 15) is 9.59 Å². The molecule has 1 N–H and O–H groups in total. The zero-order valence-electron chi connectivity index (χ0n) is 20.7. The highest BCUT2D eigenvalue weighted by Gasteiger charge is 2.27. The maximum Gasteiger partial charge on any atom is 0.255 e. The number of hydrogen-bond acceptors (Lipinski definition) is 6. The molecule has 2 amide bonds. The van der Waals surface area contributed by atoms with Gasteiger partial charge in [0.05, 0.1) is 17.8 Å². The lowest BCUT2D eigenvalue weighted by Crippen LogP contribution is -2.38. The second-order valence-corrected chi connectivity index (χ2v) is 8.89. The topological polar surface area (TPSA) is 91.6 Å². The molecule has 35 heavy (non-hydrogen) atoms. The third-order valence-electron chi connectivity index (χ3n) is 6.64. The van der Waals surface area contributed by atoms with Crippen LogP contribution in [0.5, 0.6) is 0 Å². The van der Waals surface area contributed by atoms with E-state index in [4.69, 9.17) is 4.52 Å². The Hall–Kier alpha value is -3.52. The van der Waals surface area contributed by atoms with Crippen molar-refractivity contribution in [3.63, 3.8) is 0 Å². The van der Waals surface area contributed by atoms with Gasteiger partial charge in [0.25, 0.3) is 5.91 Å². The Morgan fingerprint density at radius 2 is 1.74 bits per heavy atom. The van der Waals surface area contributed by atoms with Crippen LogP contribution in [0.15, 0.2) is 53.1 Å². The van der Waals surface area contributed by atoms with E-state index in [2.05, 4.69) is 20.4 Å². The number of nitrogens with zero attached hydrogens (tertiary/aromatic N) is 4. The van der Waals surface area contributed by atoms with Crippen molar-refractivity contribution in [3.05, 3.63) is 65.5 Å². The molecule has 8 nitrogen and oxygen atoms in total. The first-order valence-electron chi connectivity index (χ1n) is 12.3. The van der Waals surface area contributed by atoms with Crippen molar-refractivity contribution < 1.29 is 14.1 Å². The molecule has 0 spiro atoms. The second kappa shape index (κ2) is 11.3. The summed E-state index contributed by atoms with van der Waals surface area (Å²) in [6.45, 7) is 9.28. The highest BCUT2D eigenvalue weighted by atomic mass is 16.5. The minimum atomic E-state index is -0.104. The lowest BCUT2D eigenvalue weighted by Gasteiger charge is -2.30. The molecule has 0 bridgehead atoms. The van der Waals surface area contributed by atoms with Crippen LogP contribution in [0, 0.1) is 12.8 Å². The molecule has 184 valence electrons. The van der Waals surface area contributed by atoms with Crippen LogP contribution in [-0.4, -0.2) is 57.9 Å². The summed E-state index contributed by atoms with van der Waals surface area (Å²) in [5.41, 5.74) is 3.18. The highest BCUT2D eigenvalue weighted by Crippen LogP contribution is 2.24. The van der Waals surface area contributed by atoms with E-state index >= 15 is 0 Å². The van der Waals surface area contributed by atoms with Crippen LogP contribution in [-0.2, 0) is 11.3 Å². The van der Waals surface area contributed by atoms with Gasteiger partial charge in [0.15, 0.2) is 0 Å². The van der Waals surface area contributed by atoms with Crippen LogP contribution in [0.3, 0.4) is 0 Å². The molecule has 0 unspecified atom stereocenters. The van der Waals surface area contributed by atoms with Crippen LogP contribution in [0.4, 0.5) is 5.69 Å². The number of carbonyl (C=O) groups is 2. The van der Waals surface area contributed by atoms with Crippen LogP contribution in [0.1, 0.15) is 48.5 Å². The third kappa shape index (κ3) is 5.77. The second-order valence-electron chi connectivity index (χ2n) is 8.89. The van der Waals surface area contributed by atoms with Gasteiger partial charge in [0, 0.05) is 24.6 Å². The normalized spacial score (nSPS) is 14.6. The van der Waals surface area contributed by atoms with Crippen molar-refractivity contribution in [2.45, 2.75) is 40.2 Å². The fourth-order valence-corrected chi connectivity index (χ4v) is 4.49. The first-order chi connectivity index (χ1) is 17.0.